The zero-order valence-electron chi connectivity index (χ0n) is 15.3. The van der Waals surface area contributed by atoms with Crippen molar-refractivity contribution in [2.45, 2.75) is 51.6 Å². The lowest BCUT2D eigenvalue weighted by Gasteiger charge is -2.27. The van der Waals surface area contributed by atoms with E-state index in [1.165, 1.54) is 4.80 Å². The average Bonchev–Trinajstić information content (AvgIpc) is 3.10. The average molecular weight is 401 g/mol. The molecule has 1 heterocycles. The minimum absolute atomic E-state index is 0. The molecule has 7 nitrogen and oxygen atoms in total. The first-order chi connectivity index (χ1) is 11.9. The number of nitrogens with two attached hydrogens (primary N) is 1. The molecular formula is C17H26Cl2N6O. The van der Waals surface area contributed by atoms with Crippen LogP contribution in [0.25, 0.3) is 11.4 Å². The summed E-state index contributed by atoms with van der Waals surface area (Å²) in [5.74, 6) is 0.303. The van der Waals surface area contributed by atoms with Gasteiger partial charge in [-0.15, -0.1) is 22.6 Å². The molecule has 0 aliphatic rings. The molecule has 2 rings (SSSR count). The third-order valence-corrected chi connectivity index (χ3v) is 4.77. The van der Waals surface area contributed by atoms with E-state index in [1.54, 1.807) is 12.1 Å². The van der Waals surface area contributed by atoms with Gasteiger partial charge in [-0.05, 0) is 48.7 Å². The summed E-state index contributed by atoms with van der Waals surface area (Å²) in [5, 5.41) is 16.0. The summed E-state index contributed by atoms with van der Waals surface area (Å²) in [5.41, 5.74) is 6.65. The first kappa shape index (κ1) is 22.3. The number of rotatable bonds is 8. The van der Waals surface area contributed by atoms with Crippen LogP contribution in [0.2, 0.25) is 5.02 Å². The van der Waals surface area contributed by atoms with E-state index in [0.29, 0.717) is 23.8 Å². The minimum Gasteiger partial charge on any atom is -0.352 e. The summed E-state index contributed by atoms with van der Waals surface area (Å²) >= 11 is 5.89. The van der Waals surface area contributed by atoms with Crippen molar-refractivity contribution >= 4 is 29.9 Å². The number of tetrazole rings is 1. The van der Waals surface area contributed by atoms with Crippen LogP contribution in [-0.4, -0.2) is 38.2 Å². The Hall–Kier alpha value is -1.70. The van der Waals surface area contributed by atoms with E-state index in [9.17, 15) is 4.79 Å². The van der Waals surface area contributed by atoms with Crippen molar-refractivity contribution in [2.75, 3.05) is 6.54 Å². The molecular weight excluding hydrogens is 375 g/mol. The van der Waals surface area contributed by atoms with Crippen LogP contribution in [-0.2, 0) is 4.79 Å². The van der Waals surface area contributed by atoms with Gasteiger partial charge in [-0.25, -0.2) is 0 Å². The van der Waals surface area contributed by atoms with Gasteiger partial charge in [0.2, 0.25) is 11.7 Å². The maximum absolute atomic E-state index is 12.5. The van der Waals surface area contributed by atoms with E-state index in [-0.39, 0.29) is 18.3 Å². The highest BCUT2D eigenvalue weighted by atomic mass is 35.5. The number of hydrogen-bond donors (Lipinski definition) is 2. The highest BCUT2D eigenvalue weighted by Crippen LogP contribution is 2.18. The molecule has 144 valence electrons. The molecule has 1 amide bonds. The molecule has 0 spiro atoms. The van der Waals surface area contributed by atoms with Gasteiger partial charge in [0.25, 0.3) is 0 Å². The van der Waals surface area contributed by atoms with Crippen molar-refractivity contribution in [3.63, 3.8) is 0 Å². The van der Waals surface area contributed by atoms with Gasteiger partial charge in [-0.3, -0.25) is 4.79 Å². The fourth-order valence-corrected chi connectivity index (χ4v) is 2.53. The van der Waals surface area contributed by atoms with Gasteiger partial charge in [0.15, 0.2) is 6.04 Å². The van der Waals surface area contributed by atoms with Crippen LogP contribution < -0.4 is 11.1 Å². The van der Waals surface area contributed by atoms with Gasteiger partial charge in [0, 0.05) is 22.7 Å². The highest BCUT2D eigenvalue weighted by molar-refractivity contribution is 6.30. The predicted octanol–water partition coefficient (Wildman–Crippen LogP) is 3.00. The fourth-order valence-electron chi connectivity index (χ4n) is 2.41. The smallest absolute Gasteiger partial charge is 0.246 e. The lowest BCUT2D eigenvalue weighted by Crippen LogP contribution is -2.50. The predicted molar refractivity (Wildman–Crippen MR) is 105 cm³/mol. The number of nitrogens with one attached hydrogen (secondary N) is 1. The van der Waals surface area contributed by atoms with Gasteiger partial charge >= 0.3 is 0 Å². The first-order valence-corrected chi connectivity index (χ1v) is 8.92. The van der Waals surface area contributed by atoms with Crippen molar-refractivity contribution in [3.05, 3.63) is 29.3 Å². The van der Waals surface area contributed by atoms with Crippen molar-refractivity contribution < 1.29 is 4.79 Å². The molecule has 1 aromatic heterocycles. The second kappa shape index (κ2) is 9.85. The molecule has 1 unspecified atom stereocenters. The van der Waals surface area contributed by atoms with Crippen molar-refractivity contribution in [2.24, 2.45) is 5.73 Å². The lowest BCUT2D eigenvalue weighted by atomic mass is 9.94. The third-order valence-electron chi connectivity index (χ3n) is 4.52. The molecule has 1 aromatic carbocycles. The van der Waals surface area contributed by atoms with E-state index in [4.69, 9.17) is 17.3 Å². The van der Waals surface area contributed by atoms with Gasteiger partial charge in [0.1, 0.15) is 0 Å². The second-order valence-electron chi connectivity index (χ2n) is 6.15. The number of nitrogens with zero attached hydrogens (tertiary/aromatic N) is 4. The maximum Gasteiger partial charge on any atom is 0.246 e. The van der Waals surface area contributed by atoms with Crippen LogP contribution >= 0.6 is 24.0 Å². The highest BCUT2D eigenvalue weighted by Gasteiger charge is 2.26. The van der Waals surface area contributed by atoms with Crippen LogP contribution in [0.3, 0.4) is 0 Å². The molecule has 26 heavy (non-hydrogen) atoms. The van der Waals surface area contributed by atoms with Crippen LogP contribution in [0.5, 0.6) is 0 Å². The van der Waals surface area contributed by atoms with Gasteiger partial charge in [0.05, 0.1) is 0 Å². The summed E-state index contributed by atoms with van der Waals surface area (Å²) in [6.07, 6.45) is 2.14. The molecule has 0 fully saturated rings. The summed E-state index contributed by atoms with van der Waals surface area (Å²) in [6, 6.07) is 6.63. The fraction of sp³-hybridized carbons (Fsp3) is 0.529. The summed E-state index contributed by atoms with van der Waals surface area (Å²) in [4.78, 5) is 13.9. The standard InChI is InChI=1S/C17H25ClN6O.ClH/c1-4-14(16(25)20-11-17(19,5-2)6-3)24-22-15(21-23-24)12-7-9-13(18)10-8-12;/h7-10,14H,4-6,11,19H2,1-3H3,(H,20,25);1H. The molecule has 0 saturated heterocycles. The van der Waals surface area contributed by atoms with Crippen LogP contribution in [0.15, 0.2) is 24.3 Å². The second-order valence-corrected chi connectivity index (χ2v) is 6.59. The van der Waals surface area contributed by atoms with Crippen molar-refractivity contribution in [3.8, 4) is 11.4 Å². The van der Waals surface area contributed by atoms with Crippen LogP contribution in [0, 0.1) is 0 Å². The number of carbonyl (C=O) groups is 1. The molecule has 1 atom stereocenters. The monoisotopic (exact) mass is 400 g/mol. The van der Waals surface area contributed by atoms with E-state index >= 15 is 0 Å². The molecule has 0 radical (unpaired) electrons. The van der Waals surface area contributed by atoms with E-state index in [2.05, 4.69) is 20.7 Å². The number of halogens is 2. The molecule has 2 aromatic rings. The summed E-state index contributed by atoms with van der Waals surface area (Å²) < 4.78 is 0. The topological polar surface area (TPSA) is 98.7 Å². The molecule has 0 aliphatic heterocycles. The zero-order valence-corrected chi connectivity index (χ0v) is 16.8. The maximum atomic E-state index is 12.5. The van der Waals surface area contributed by atoms with Gasteiger partial charge < -0.3 is 11.1 Å². The molecule has 3 N–H and O–H groups in total. The molecule has 0 bridgehead atoms. The quantitative estimate of drug-likeness (QED) is 0.709. The van der Waals surface area contributed by atoms with Crippen molar-refractivity contribution in [1.29, 1.82) is 0 Å². The SMILES string of the molecule is CCC(C(=O)NCC(N)(CC)CC)n1nnc(-c2ccc(Cl)cc2)n1.Cl. The van der Waals surface area contributed by atoms with E-state index in [0.717, 1.165) is 18.4 Å². The molecule has 9 heteroatoms. The van der Waals surface area contributed by atoms with Crippen molar-refractivity contribution in [1.82, 2.24) is 25.5 Å². The summed E-state index contributed by atoms with van der Waals surface area (Å²) in [7, 11) is 0. The van der Waals surface area contributed by atoms with E-state index in [1.807, 2.05) is 32.9 Å². The number of aromatic nitrogens is 4. The van der Waals surface area contributed by atoms with Crippen LogP contribution in [0.4, 0.5) is 0 Å². The number of amides is 1. The minimum atomic E-state index is -0.522. The Labute approximate surface area is 165 Å². The normalized spacial score (nSPS) is 12.3. The van der Waals surface area contributed by atoms with E-state index < -0.39 is 11.6 Å². The molecule has 0 aliphatic carbocycles. The Balaban J connectivity index is 0.00000338. The van der Waals surface area contributed by atoms with Crippen LogP contribution in [0.1, 0.15) is 46.1 Å². The largest absolute Gasteiger partial charge is 0.352 e. The Morgan fingerprint density at radius 2 is 1.88 bits per heavy atom. The Bertz CT molecular complexity index is 700. The number of hydrogen-bond acceptors (Lipinski definition) is 5. The molecule has 0 saturated carbocycles. The Morgan fingerprint density at radius 3 is 2.42 bits per heavy atom. The number of carbonyl (C=O) groups excluding carboxylic acids is 1. The van der Waals surface area contributed by atoms with Gasteiger partial charge in [-0.2, -0.15) is 4.80 Å². The zero-order chi connectivity index (χ0) is 18.4. The number of benzene rings is 1. The lowest BCUT2D eigenvalue weighted by molar-refractivity contribution is -0.125. The van der Waals surface area contributed by atoms with Gasteiger partial charge in [-0.1, -0.05) is 32.4 Å². The summed E-state index contributed by atoms with van der Waals surface area (Å²) in [6.45, 7) is 6.37. The Kier molecular flexibility index (Phi) is 8.46. The third kappa shape index (κ3) is 5.40. The Morgan fingerprint density at radius 1 is 1.27 bits per heavy atom. The first-order valence-electron chi connectivity index (χ1n) is 8.54.